The van der Waals surface area contributed by atoms with E-state index in [1.807, 2.05) is 11.8 Å². The van der Waals surface area contributed by atoms with Crippen LogP contribution in [0.2, 0.25) is 0 Å². The molecule has 1 heterocycles. The molecule has 0 spiro atoms. The van der Waals surface area contributed by atoms with E-state index in [4.69, 9.17) is 0 Å². The number of pyridine rings is 1. The highest BCUT2D eigenvalue weighted by atomic mass is 32.2. The average Bonchev–Trinajstić information content (AvgIpc) is 2.42. The molecule has 9 heteroatoms. The summed E-state index contributed by atoms with van der Waals surface area (Å²) < 4.78 is 23.3. The van der Waals surface area contributed by atoms with Crippen LogP contribution >= 0.6 is 0 Å². The summed E-state index contributed by atoms with van der Waals surface area (Å²) in [5.74, 6) is -0.766. The number of nitrogens with zero attached hydrogens (tertiary/aromatic N) is 1. The first-order valence-electron chi connectivity index (χ1n) is 6.34. The van der Waals surface area contributed by atoms with E-state index in [2.05, 4.69) is 10.7 Å². The van der Waals surface area contributed by atoms with Gasteiger partial charge >= 0.3 is 0 Å². The Balaban J connectivity index is 2.67. The van der Waals surface area contributed by atoms with Gasteiger partial charge in [-0.2, -0.15) is 4.57 Å². The number of carbonyl (C=O) groups excluding carboxylic acids is 2. The molecule has 8 nitrogen and oxygen atoms in total. The third-order valence-corrected chi connectivity index (χ3v) is 2.84. The summed E-state index contributed by atoms with van der Waals surface area (Å²) in [4.78, 5) is 25.2. The maximum atomic E-state index is 11.7. The Kier molecular flexibility index (Phi) is 6.25. The Morgan fingerprint density at radius 1 is 1.33 bits per heavy atom. The Morgan fingerprint density at radius 3 is 2.67 bits per heavy atom. The highest BCUT2D eigenvalue weighted by Crippen LogP contribution is 1.93. The predicted molar refractivity (Wildman–Crippen MR) is 75.4 cm³/mol. The third kappa shape index (κ3) is 6.82. The predicted octanol–water partition coefficient (Wildman–Crippen LogP) is -1.31. The number of hydrogen-bond acceptors (Lipinski definition) is 4. The van der Waals surface area contributed by atoms with Crippen LogP contribution in [0.4, 0.5) is 0 Å². The molecule has 0 fully saturated rings. The summed E-state index contributed by atoms with van der Waals surface area (Å²) in [5, 5.41) is 2.72. The minimum atomic E-state index is -3.52. The number of rotatable bonds is 7. The van der Waals surface area contributed by atoms with Crippen LogP contribution in [0.3, 0.4) is 0 Å². The maximum Gasteiger partial charge on any atom is 0.285 e. The van der Waals surface area contributed by atoms with Crippen molar-refractivity contribution in [3.8, 4) is 0 Å². The van der Waals surface area contributed by atoms with E-state index in [-0.39, 0.29) is 18.0 Å². The Hall–Kier alpha value is -2.00. The van der Waals surface area contributed by atoms with Crippen LogP contribution in [0.15, 0.2) is 24.5 Å². The van der Waals surface area contributed by atoms with Crippen LogP contribution in [0.5, 0.6) is 0 Å². The van der Waals surface area contributed by atoms with Crippen LogP contribution in [-0.2, 0) is 21.4 Å². The molecule has 0 atom stereocenters. The normalized spacial score (nSPS) is 11.0. The van der Waals surface area contributed by atoms with Crippen molar-refractivity contribution in [2.24, 2.45) is 0 Å². The highest BCUT2D eigenvalue weighted by Gasteiger charge is 2.14. The van der Waals surface area contributed by atoms with Gasteiger partial charge < -0.3 is 5.32 Å². The van der Waals surface area contributed by atoms with Gasteiger partial charge in [-0.3, -0.25) is 15.0 Å². The van der Waals surface area contributed by atoms with Gasteiger partial charge in [-0.15, -0.1) is 4.83 Å². The van der Waals surface area contributed by atoms with Crippen LogP contribution in [-0.4, -0.2) is 33.0 Å². The molecular formula is C12H19N4O4S+. The third-order valence-electron chi connectivity index (χ3n) is 2.37. The quantitative estimate of drug-likeness (QED) is 0.429. The second-order valence-electron chi connectivity index (χ2n) is 4.44. The molecule has 0 bridgehead atoms. The van der Waals surface area contributed by atoms with E-state index in [9.17, 15) is 18.0 Å². The van der Waals surface area contributed by atoms with Crippen molar-refractivity contribution in [1.29, 1.82) is 0 Å². The summed E-state index contributed by atoms with van der Waals surface area (Å²) in [6, 6.07) is 3.11. The number of aromatic nitrogens is 1. The Morgan fingerprint density at radius 2 is 2.05 bits per heavy atom. The van der Waals surface area contributed by atoms with E-state index in [0.717, 1.165) is 12.7 Å². The molecule has 0 radical (unpaired) electrons. The van der Waals surface area contributed by atoms with Crippen LogP contribution < -0.4 is 20.1 Å². The molecule has 1 aromatic rings. The molecule has 0 aromatic carbocycles. The van der Waals surface area contributed by atoms with Crippen molar-refractivity contribution < 1.29 is 22.6 Å². The van der Waals surface area contributed by atoms with Gasteiger partial charge in [0.15, 0.2) is 12.4 Å². The van der Waals surface area contributed by atoms with Crippen LogP contribution in [0, 0.1) is 0 Å². The molecule has 0 unspecified atom stereocenters. The first-order chi connectivity index (χ1) is 9.81. The Bertz CT molecular complexity index is 615. The monoisotopic (exact) mass is 315 g/mol. The molecule has 1 aromatic heterocycles. The zero-order chi connectivity index (χ0) is 15.9. The minimum Gasteiger partial charge on any atom is -0.351 e. The summed E-state index contributed by atoms with van der Waals surface area (Å²) >= 11 is 0. The number of nitrogens with one attached hydrogen (secondary N) is 3. The number of hydrogen-bond donors (Lipinski definition) is 3. The highest BCUT2D eigenvalue weighted by molar-refractivity contribution is 7.88. The molecule has 1 rings (SSSR count). The van der Waals surface area contributed by atoms with Gasteiger partial charge in [0, 0.05) is 12.6 Å². The van der Waals surface area contributed by atoms with Crippen molar-refractivity contribution in [3.63, 3.8) is 0 Å². The molecule has 0 aliphatic carbocycles. The fraction of sp³-hybridized carbons (Fsp3) is 0.417. The summed E-state index contributed by atoms with van der Waals surface area (Å²) in [5.41, 5.74) is 2.30. The molecule has 0 aliphatic heterocycles. The standard InChI is InChI=1S/C12H18N4O4S/c1-3-6-13-11(17)9-16-7-4-5-10(8-16)12(18)14-15-21(2,19)20/h4-5,7-8,15H,3,6,9H2,1-2H3,(H-,13,14,17,18)/p+1. The number of amides is 2. The second kappa shape index (κ2) is 7.70. The minimum absolute atomic E-state index is 0.0840. The summed E-state index contributed by atoms with van der Waals surface area (Å²) in [6.45, 7) is 2.63. The van der Waals surface area contributed by atoms with Crippen molar-refractivity contribution in [1.82, 2.24) is 15.6 Å². The summed E-state index contributed by atoms with van der Waals surface area (Å²) in [6.07, 6.45) is 4.88. The maximum absolute atomic E-state index is 11.7. The van der Waals surface area contributed by atoms with Gasteiger partial charge in [-0.25, -0.2) is 8.42 Å². The van der Waals surface area contributed by atoms with Gasteiger partial charge in [0.25, 0.3) is 11.8 Å². The van der Waals surface area contributed by atoms with Crippen LogP contribution in [0.1, 0.15) is 23.7 Å². The zero-order valence-electron chi connectivity index (χ0n) is 11.9. The number of carbonyl (C=O) groups is 2. The SMILES string of the molecule is CCCNC(=O)C[n+]1cccc(C(=O)NNS(C)(=O)=O)c1. The molecule has 3 N–H and O–H groups in total. The van der Waals surface area contributed by atoms with Gasteiger partial charge in [0.1, 0.15) is 5.56 Å². The van der Waals surface area contributed by atoms with Crippen molar-refractivity contribution >= 4 is 21.8 Å². The van der Waals surface area contributed by atoms with E-state index in [1.165, 1.54) is 12.3 Å². The molecule has 21 heavy (non-hydrogen) atoms. The molecular weight excluding hydrogens is 296 g/mol. The molecule has 2 amide bonds. The largest absolute Gasteiger partial charge is 0.351 e. The van der Waals surface area contributed by atoms with Crippen molar-refractivity contribution in [3.05, 3.63) is 30.1 Å². The summed E-state index contributed by atoms with van der Waals surface area (Å²) in [7, 11) is -3.52. The average molecular weight is 315 g/mol. The van der Waals surface area contributed by atoms with Gasteiger partial charge in [-0.05, 0) is 12.5 Å². The fourth-order valence-corrected chi connectivity index (χ4v) is 1.73. The van der Waals surface area contributed by atoms with Gasteiger partial charge in [0.05, 0.1) is 6.26 Å². The molecule has 0 saturated carbocycles. The van der Waals surface area contributed by atoms with Crippen molar-refractivity contribution in [2.45, 2.75) is 19.9 Å². The first kappa shape index (κ1) is 17.1. The van der Waals surface area contributed by atoms with Gasteiger partial charge in [0.2, 0.25) is 16.6 Å². The van der Waals surface area contributed by atoms with E-state index >= 15 is 0 Å². The van der Waals surface area contributed by atoms with E-state index in [1.54, 1.807) is 16.8 Å². The van der Waals surface area contributed by atoms with Crippen LogP contribution in [0.25, 0.3) is 0 Å². The number of hydrazine groups is 1. The van der Waals surface area contributed by atoms with E-state index < -0.39 is 15.9 Å². The Labute approximate surface area is 123 Å². The zero-order valence-corrected chi connectivity index (χ0v) is 12.7. The lowest BCUT2D eigenvalue weighted by Crippen LogP contribution is -2.45. The lowest BCUT2D eigenvalue weighted by atomic mass is 10.2. The first-order valence-corrected chi connectivity index (χ1v) is 8.24. The molecule has 0 aliphatic rings. The van der Waals surface area contributed by atoms with Gasteiger partial charge in [-0.1, -0.05) is 6.92 Å². The molecule has 0 saturated heterocycles. The van der Waals surface area contributed by atoms with E-state index in [0.29, 0.717) is 6.54 Å². The lowest BCUT2D eigenvalue weighted by Gasteiger charge is -2.04. The fourth-order valence-electron chi connectivity index (χ4n) is 1.45. The van der Waals surface area contributed by atoms with Crippen molar-refractivity contribution in [2.75, 3.05) is 12.8 Å². The lowest BCUT2D eigenvalue weighted by molar-refractivity contribution is -0.684. The number of sulfonamides is 1. The smallest absolute Gasteiger partial charge is 0.285 e. The second-order valence-corrected chi connectivity index (χ2v) is 6.19. The topological polar surface area (TPSA) is 108 Å². The molecule has 116 valence electrons.